The number of nitrogens with zero attached hydrogens (tertiary/aromatic N) is 1. The van der Waals surface area contributed by atoms with E-state index < -0.39 is 49.1 Å². The van der Waals surface area contributed by atoms with Crippen molar-refractivity contribution in [2.24, 2.45) is 5.14 Å². The molecule has 0 spiro atoms. The number of likely N-dealkylation sites (N-methyl/N-ethyl adjacent to an activating group) is 1. The number of fused-ring (bicyclic) bond motifs is 1. The Labute approximate surface area is 186 Å². The lowest BCUT2D eigenvalue weighted by Crippen LogP contribution is -2.48. The Morgan fingerprint density at radius 3 is 2.39 bits per heavy atom. The van der Waals surface area contributed by atoms with Crippen molar-refractivity contribution >= 4 is 43.1 Å². The van der Waals surface area contributed by atoms with Crippen molar-refractivity contribution in [1.29, 1.82) is 0 Å². The van der Waals surface area contributed by atoms with Crippen molar-refractivity contribution in [2.75, 3.05) is 19.8 Å². The van der Waals surface area contributed by atoms with Crippen molar-refractivity contribution in [3.63, 3.8) is 0 Å². The number of nitrogens with two attached hydrogens (primary N) is 1. The van der Waals surface area contributed by atoms with E-state index in [1.807, 2.05) is 0 Å². The Hall–Kier alpha value is -1.54. The molecule has 10 nitrogen and oxygen atoms in total. The quantitative estimate of drug-likeness (QED) is 0.497. The van der Waals surface area contributed by atoms with Gasteiger partial charge in [-0.1, -0.05) is 6.92 Å². The predicted molar refractivity (Wildman–Crippen MR) is 114 cm³/mol. The molecule has 1 aliphatic heterocycles. The molecule has 176 valence electrons. The zero-order valence-electron chi connectivity index (χ0n) is 17.9. The molecule has 0 saturated carbocycles. The summed E-state index contributed by atoms with van der Waals surface area (Å²) < 4.78 is 59.3. The smallest absolute Gasteiger partial charge is 0.323 e. The first-order valence-electron chi connectivity index (χ1n) is 9.86. The molecule has 2 heterocycles. The van der Waals surface area contributed by atoms with Crippen LogP contribution in [0.1, 0.15) is 52.1 Å². The summed E-state index contributed by atoms with van der Waals surface area (Å²) in [5.74, 6) is -1.23. The molecule has 2 N–H and O–H groups in total. The molecule has 0 aliphatic carbocycles. The standard InChI is InChI=1S/C18H28N2O8S3/c1-5-20(14(17(22)28-7-3)10-15(21)27-6-2)13-8-11(4)30(23,24)18-12(13)9-16(29-18)31(19,25)26/h9,11,13-14H,5-8,10H2,1-4H3,(H2,19,25,26)/t11-,13-,14?/m0/s1. The van der Waals surface area contributed by atoms with Gasteiger partial charge in [-0.05, 0) is 39.8 Å². The maximum absolute atomic E-state index is 12.9. The number of sulfone groups is 1. The molecule has 1 aliphatic rings. The Balaban J connectivity index is 2.59. The van der Waals surface area contributed by atoms with Crippen LogP contribution in [-0.4, -0.2) is 64.7 Å². The van der Waals surface area contributed by atoms with Gasteiger partial charge >= 0.3 is 11.9 Å². The van der Waals surface area contributed by atoms with Gasteiger partial charge in [-0.3, -0.25) is 14.5 Å². The molecule has 31 heavy (non-hydrogen) atoms. The third kappa shape index (κ3) is 5.45. The average Bonchev–Trinajstić information content (AvgIpc) is 3.13. The van der Waals surface area contributed by atoms with E-state index in [1.165, 1.54) is 13.0 Å². The van der Waals surface area contributed by atoms with Crippen LogP contribution in [0.3, 0.4) is 0 Å². The summed E-state index contributed by atoms with van der Waals surface area (Å²) in [6, 6.07) is -0.402. The molecule has 1 aromatic heterocycles. The van der Waals surface area contributed by atoms with Crippen LogP contribution in [0.15, 0.2) is 14.5 Å². The summed E-state index contributed by atoms with van der Waals surface area (Å²) in [6.07, 6.45) is -0.164. The number of sulfonamides is 1. The van der Waals surface area contributed by atoms with Crippen LogP contribution in [0.25, 0.3) is 0 Å². The van der Waals surface area contributed by atoms with E-state index in [-0.39, 0.29) is 46.6 Å². The second-order valence-corrected chi connectivity index (χ2v) is 12.5. The summed E-state index contributed by atoms with van der Waals surface area (Å²) >= 11 is 0.602. The first-order valence-corrected chi connectivity index (χ1v) is 13.8. The minimum atomic E-state index is -4.12. The van der Waals surface area contributed by atoms with Crippen LogP contribution in [0, 0.1) is 0 Å². The van der Waals surface area contributed by atoms with E-state index in [9.17, 15) is 26.4 Å². The molecule has 0 saturated heterocycles. The average molecular weight is 497 g/mol. The number of primary sulfonamides is 1. The third-order valence-corrected chi connectivity index (χ3v) is 10.4. The minimum absolute atomic E-state index is 0.0857. The summed E-state index contributed by atoms with van der Waals surface area (Å²) in [4.78, 5) is 26.5. The number of hydrogen-bond acceptors (Lipinski definition) is 10. The van der Waals surface area contributed by atoms with Crippen LogP contribution in [0.5, 0.6) is 0 Å². The number of rotatable bonds is 9. The number of carbonyl (C=O) groups excluding carboxylic acids is 2. The fourth-order valence-corrected chi connectivity index (χ4v) is 8.03. The molecule has 0 bridgehead atoms. The van der Waals surface area contributed by atoms with Crippen molar-refractivity contribution in [2.45, 2.75) is 66.3 Å². The SMILES string of the molecule is CCOC(=O)CC(C(=O)OCC)N(CC)[C@H]1C[C@H](C)S(=O)(=O)c2sc(S(N)(=O)=O)cc21. The van der Waals surface area contributed by atoms with Gasteiger partial charge in [0.15, 0.2) is 9.84 Å². The first-order chi connectivity index (χ1) is 14.4. The zero-order chi connectivity index (χ0) is 23.6. The third-order valence-electron chi connectivity index (χ3n) is 5.07. The Bertz CT molecular complexity index is 1030. The lowest BCUT2D eigenvalue weighted by molar-refractivity contribution is -0.157. The van der Waals surface area contributed by atoms with E-state index in [1.54, 1.807) is 25.7 Å². The fourth-order valence-electron chi connectivity index (χ4n) is 3.64. The molecule has 13 heteroatoms. The molecule has 0 fully saturated rings. The topological polar surface area (TPSA) is 150 Å². The molecule has 0 amide bonds. The Morgan fingerprint density at radius 1 is 1.26 bits per heavy atom. The highest BCUT2D eigenvalue weighted by Gasteiger charge is 2.44. The van der Waals surface area contributed by atoms with Gasteiger partial charge in [0.25, 0.3) is 0 Å². The second-order valence-electron chi connectivity index (χ2n) is 7.07. The van der Waals surface area contributed by atoms with Crippen LogP contribution in [-0.2, 0) is 38.9 Å². The second kappa shape index (κ2) is 9.94. The van der Waals surface area contributed by atoms with Crippen LogP contribution in [0.2, 0.25) is 0 Å². The predicted octanol–water partition coefficient (Wildman–Crippen LogP) is 1.21. The van der Waals surface area contributed by atoms with Crippen molar-refractivity contribution in [3.8, 4) is 0 Å². The largest absolute Gasteiger partial charge is 0.466 e. The zero-order valence-corrected chi connectivity index (χ0v) is 20.3. The van der Waals surface area contributed by atoms with Gasteiger partial charge in [0.1, 0.15) is 14.5 Å². The van der Waals surface area contributed by atoms with Crippen LogP contribution in [0.4, 0.5) is 0 Å². The number of esters is 2. The Kier molecular flexibility index (Phi) is 8.25. The van der Waals surface area contributed by atoms with E-state index in [4.69, 9.17) is 14.6 Å². The van der Waals surface area contributed by atoms with E-state index in [2.05, 4.69) is 0 Å². The summed E-state index contributed by atoms with van der Waals surface area (Å²) in [7, 11) is -7.88. The number of thiophene rings is 1. The van der Waals surface area contributed by atoms with Gasteiger partial charge in [0.2, 0.25) is 10.0 Å². The van der Waals surface area contributed by atoms with Gasteiger partial charge in [-0.15, -0.1) is 11.3 Å². The van der Waals surface area contributed by atoms with Crippen LogP contribution >= 0.6 is 11.3 Å². The Morgan fingerprint density at radius 2 is 1.87 bits per heavy atom. The molecule has 1 unspecified atom stereocenters. The van der Waals surface area contributed by atoms with Crippen LogP contribution < -0.4 is 5.14 Å². The maximum atomic E-state index is 12.9. The van der Waals surface area contributed by atoms with Crippen molar-refractivity contribution in [3.05, 3.63) is 11.6 Å². The molecule has 2 rings (SSSR count). The summed E-state index contributed by atoms with van der Waals surface area (Å²) in [6.45, 7) is 7.10. The first kappa shape index (κ1) is 25.7. The van der Waals surface area contributed by atoms with Gasteiger partial charge < -0.3 is 9.47 Å². The molecule has 1 aromatic rings. The number of carbonyl (C=O) groups is 2. The van der Waals surface area contributed by atoms with E-state index in [0.717, 1.165) is 0 Å². The number of hydrogen-bond donors (Lipinski definition) is 1. The molecule has 0 radical (unpaired) electrons. The fraction of sp³-hybridized carbons (Fsp3) is 0.667. The summed E-state index contributed by atoms with van der Waals surface area (Å²) in [5.41, 5.74) is 0.257. The number of ether oxygens (including phenoxy) is 2. The molecular weight excluding hydrogens is 468 g/mol. The highest BCUT2D eigenvalue weighted by molar-refractivity contribution is 7.95. The van der Waals surface area contributed by atoms with Crippen molar-refractivity contribution < 1.29 is 35.9 Å². The van der Waals surface area contributed by atoms with E-state index >= 15 is 0 Å². The lowest BCUT2D eigenvalue weighted by atomic mass is 9.99. The minimum Gasteiger partial charge on any atom is -0.466 e. The van der Waals surface area contributed by atoms with Crippen molar-refractivity contribution in [1.82, 2.24) is 4.90 Å². The highest BCUT2D eigenvalue weighted by Crippen LogP contribution is 2.45. The van der Waals surface area contributed by atoms with Gasteiger partial charge in [0.05, 0.1) is 24.9 Å². The maximum Gasteiger partial charge on any atom is 0.323 e. The normalized spacial score (nSPS) is 21.4. The molecular formula is C18H28N2O8S3. The molecule has 3 atom stereocenters. The van der Waals surface area contributed by atoms with E-state index in [0.29, 0.717) is 11.3 Å². The lowest BCUT2D eigenvalue weighted by Gasteiger charge is -2.39. The summed E-state index contributed by atoms with van der Waals surface area (Å²) in [5, 5.41) is 4.41. The van der Waals surface area contributed by atoms with Gasteiger partial charge in [0, 0.05) is 11.6 Å². The monoisotopic (exact) mass is 496 g/mol. The van der Waals surface area contributed by atoms with Gasteiger partial charge in [-0.25, -0.2) is 22.0 Å². The highest BCUT2D eigenvalue weighted by atomic mass is 32.3. The van der Waals surface area contributed by atoms with Gasteiger partial charge in [-0.2, -0.15) is 0 Å². The molecule has 0 aromatic carbocycles.